The van der Waals surface area contributed by atoms with Crippen molar-refractivity contribution in [3.63, 3.8) is 0 Å². The summed E-state index contributed by atoms with van der Waals surface area (Å²) in [5, 5.41) is 6.81. The van der Waals surface area contributed by atoms with E-state index in [1.54, 1.807) is 24.3 Å². The third-order valence-electron chi connectivity index (χ3n) is 5.49. The lowest BCUT2D eigenvalue weighted by Gasteiger charge is -2.29. The van der Waals surface area contributed by atoms with Gasteiger partial charge >= 0.3 is 0 Å². The van der Waals surface area contributed by atoms with E-state index < -0.39 is 10.0 Å². The molecule has 1 atom stereocenters. The Labute approximate surface area is 209 Å². The molecule has 0 aromatic heterocycles. The van der Waals surface area contributed by atoms with Crippen LogP contribution in [-0.4, -0.2) is 52.5 Å². The normalized spacial score (nSPS) is 15.8. The quantitative estimate of drug-likeness (QED) is 0.245. The molecule has 0 saturated carbocycles. The number of guanidine groups is 1. The molecule has 1 unspecified atom stereocenters. The molecular formula is C23H34IN5O2S. The number of nitrogens with one attached hydrogen (secondary N) is 3. The molecule has 7 nitrogen and oxygen atoms in total. The van der Waals surface area contributed by atoms with Crippen LogP contribution in [-0.2, 0) is 16.6 Å². The number of sulfonamides is 1. The summed E-state index contributed by atoms with van der Waals surface area (Å²) < 4.78 is 26.1. The van der Waals surface area contributed by atoms with Crippen LogP contribution < -0.4 is 15.4 Å². The summed E-state index contributed by atoms with van der Waals surface area (Å²) in [4.78, 5) is 7.49. The van der Waals surface area contributed by atoms with Crippen molar-refractivity contribution in [1.82, 2.24) is 20.3 Å². The van der Waals surface area contributed by atoms with Gasteiger partial charge in [0.25, 0.3) is 0 Å². The van der Waals surface area contributed by atoms with Crippen LogP contribution in [0.5, 0.6) is 0 Å². The second-order valence-corrected chi connectivity index (χ2v) is 9.48. The third kappa shape index (κ3) is 7.43. The number of likely N-dealkylation sites (tertiary alicyclic amines) is 1. The Kier molecular flexibility index (Phi) is 10.9. The molecule has 1 fully saturated rings. The molecule has 1 aliphatic rings. The Balaban J connectivity index is 0.00000363. The fraction of sp³-hybridized carbons (Fsp3) is 0.435. The average molecular weight is 572 g/mol. The molecule has 1 saturated heterocycles. The van der Waals surface area contributed by atoms with E-state index in [1.165, 1.54) is 25.5 Å². The van der Waals surface area contributed by atoms with Crippen LogP contribution in [0.25, 0.3) is 0 Å². The monoisotopic (exact) mass is 571 g/mol. The van der Waals surface area contributed by atoms with Crippen molar-refractivity contribution in [2.45, 2.75) is 37.2 Å². The van der Waals surface area contributed by atoms with Gasteiger partial charge in [0.2, 0.25) is 10.0 Å². The minimum absolute atomic E-state index is 0. The molecule has 2 aromatic rings. The first-order valence-corrected chi connectivity index (χ1v) is 12.4. The van der Waals surface area contributed by atoms with Crippen molar-refractivity contribution in [2.24, 2.45) is 4.99 Å². The Bertz CT molecular complexity index is 946. The maximum Gasteiger partial charge on any atom is 0.240 e. The summed E-state index contributed by atoms with van der Waals surface area (Å²) in [6.45, 7) is 6.30. The lowest BCUT2D eigenvalue weighted by Crippen LogP contribution is -2.42. The Morgan fingerprint density at radius 3 is 2.28 bits per heavy atom. The average Bonchev–Trinajstić information content (AvgIpc) is 3.33. The highest BCUT2D eigenvalue weighted by atomic mass is 127. The summed E-state index contributed by atoms with van der Waals surface area (Å²) in [7, 11) is -2.01. The van der Waals surface area contributed by atoms with Crippen molar-refractivity contribution in [3.8, 4) is 0 Å². The van der Waals surface area contributed by atoms with Crippen molar-refractivity contribution >= 4 is 40.0 Å². The van der Waals surface area contributed by atoms with Crippen molar-refractivity contribution < 1.29 is 8.42 Å². The number of benzene rings is 2. The molecule has 32 heavy (non-hydrogen) atoms. The topological polar surface area (TPSA) is 85.8 Å². The Morgan fingerprint density at radius 2 is 1.69 bits per heavy atom. The van der Waals surface area contributed by atoms with E-state index in [1.807, 2.05) is 6.92 Å². The lowest BCUT2D eigenvalue weighted by atomic mass is 10.1. The highest BCUT2D eigenvalue weighted by molar-refractivity contribution is 14.0. The van der Waals surface area contributed by atoms with Gasteiger partial charge in [-0.25, -0.2) is 18.1 Å². The van der Waals surface area contributed by atoms with Gasteiger partial charge in [0, 0.05) is 13.1 Å². The first-order chi connectivity index (χ1) is 15.0. The number of aliphatic imine (C=N–C) groups is 1. The fourth-order valence-electron chi connectivity index (χ4n) is 3.78. The minimum Gasteiger partial charge on any atom is -0.357 e. The van der Waals surface area contributed by atoms with Gasteiger partial charge in [-0.3, -0.25) is 4.90 Å². The molecule has 3 N–H and O–H groups in total. The maximum absolute atomic E-state index is 11.9. The number of halogens is 1. The maximum atomic E-state index is 11.9. The largest absolute Gasteiger partial charge is 0.357 e. The fourth-order valence-corrected chi connectivity index (χ4v) is 4.51. The zero-order valence-corrected chi connectivity index (χ0v) is 21.9. The van der Waals surface area contributed by atoms with Crippen molar-refractivity contribution in [2.75, 3.05) is 33.2 Å². The molecule has 176 valence electrons. The van der Waals surface area contributed by atoms with Crippen molar-refractivity contribution in [1.29, 1.82) is 0 Å². The summed E-state index contributed by atoms with van der Waals surface area (Å²) in [5.74, 6) is 0.759. The van der Waals surface area contributed by atoms with E-state index in [-0.39, 0.29) is 28.9 Å². The second kappa shape index (κ2) is 13.1. The molecule has 2 aromatic carbocycles. The third-order valence-corrected chi connectivity index (χ3v) is 6.93. The van der Waals surface area contributed by atoms with Crippen LogP contribution in [0.3, 0.4) is 0 Å². The smallest absolute Gasteiger partial charge is 0.240 e. The molecule has 0 spiro atoms. The minimum atomic E-state index is -3.42. The zero-order valence-electron chi connectivity index (χ0n) is 18.8. The Morgan fingerprint density at radius 1 is 1.03 bits per heavy atom. The van der Waals surface area contributed by atoms with E-state index in [0.717, 1.165) is 37.7 Å². The van der Waals surface area contributed by atoms with Gasteiger partial charge in [0.1, 0.15) is 0 Å². The van der Waals surface area contributed by atoms with Crippen LogP contribution >= 0.6 is 24.0 Å². The summed E-state index contributed by atoms with van der Waals surface area (Å²) >= 11 is 0. The predicted molar refractivity (Wildman–Crippen MR) is 141 cm³/mol. The molecule has 0 amide bonds. The SMILES string of the molecule is CCNC(=NCc1ccc(S(=O)(=O)NC)cc1)NCC(c1ccccc1)N1CCCC1.I. The van der Waals surface area contributed by atoms with Crippen LogP contribution in [0.1, 0.15) is 36.9 Å². The van der Waals surface area contributed by atoms with Gasteiger partial charge < -0.3 is 10.6 Å². The molecule has 0 bridgehead atoms. The van der Waals surface area contributed by atoms with Crippen LogP contribution in [0.15, 0.2) is 64.5 Å². The van der Waals surface area contributed by atoms with E-state index in [4.69, 9.17) is 4.99 Å². The summed E-state index contributed by atoms with van der Waals surface area (Å²) in [6, 6.07) is 17.7. The molecule has 0 aliphatic carbocycles. The van der Waals surface area contributed by atoms with Gasteiger partial charge in [-0.1, -0.05) is 42.5 Å². The highest BCUT2D eigenvalue weighted by Gasteiger charge is 2.23. The van der Waals surface area contributed by atoms with Gasteiger partial charge in [-0.2, -0.15) is 0 Å². The number of rotatable bonds is 9. The van der Waals surface area contributed by atoms with Gasteiger partial charge in [0.15, 0.2) is 5.96 Å². The Hall–Kier alpha value is -1.69. The predicted octanol–water partition coefficient (Wildman–Crippen LogP) is 3.10. The number of nitrogens with zero attached hydrogens (tertiary/aromatic N) is 2. The van der Waals surface area contributed by atoms with Crippen molar-refractivity contribution in [3.05, 3.63) is 65.7 Å². The van der Waals surface area contributed by atoms with Gasteiger partial charge in [0.05, 0.1) is 17.5 Å². The molecular weight excluding hydrogens is 537 g/mol. The molecule has 1 heterocycles. The van der Waals surface area contributed by atoms with Crippen LogP contribution in [0, 0.1) is 0 Å². The first-order valence-electron chi connectivity index (χ1n) is 10.9. The number of hydrogen-bond donors (Lipinski definition) is 3. The summed E-state index contributed by atoms with van der Waals surface area (Å²) in [5.41, 5.74) is 2.26. The van der Waals surface area contributed by atoms with E-state index >= 15 is 0 Å². The molecule has 3 rings (SSSR count). The summed E-state index contributed by atoms with van der Waals surface area (Å²) in [6.07, 6.45) is 2.49. The van der Waals surface area contributed by atoms with E-state index in [0.29, 0.717) is 12.6 Å². The lowest BCUT2D eigenvalue weighted by molar-refractivity contribution is 0.245. The van der Waals surface area contributed by atoms with Gasteiger partial charge in [-0.05, 0) is 63.2 Å². The van der Waals surface area contributed by atoms with Gasteiger partial charge in [-0.15, -0.1) is 24.0 Å². The standard InChI is InChI=1S/C23H33N5O2S.HI/c1-3-25-23(26-17-19-11-13-21(14-12-19)31(29,30)24-2)27-18-22(28-15-7-8-16-28)20-9-5-4-6-10-20;/h4-6,9-14,22,24H,3,7-8,15-18H2,1-2H3,(H2,25,26,27);1H. The van der Waals surface area contributed by atoms with Crippen LogP contribution in [0.2, 0.25) is 0 Å². The first kappa shape index (κ1) is 26.6. The second-order valence-electron chi connectivity index (χ2n) is 7.60. The molecule has 1 aliphatic heterocycles. The van der Waals surface area contributed by atoms with E-state index in [9.17, 15) is 8.42 Å². The highest BCUT2D eigenvalue weighted by Crippen LogP contribution is 2.24. The van der Waals surface area contributed by atoms with E-state index in [2.05, 4.69) is 50.6 Å². The zero-order chi connectivity index (χ0) is 22.1. The molecule has 9 heteroatoms. The number of hydrogen-bond acceptors (Lipinski definition) is 4. The molecule has 0 radical (unpaired) electrons. The van der Waals surface area contributed by atoms with Crippen LogP contribution in [0.4, 0.5) is 0 Å².